The number of methoxy groups -OCH3 is 1. The number of pyridine rings is 1. The fraction of sp³-hybridized carbons (Fsp3) is 0.370. The summed E-state index contributed by atoms with van der Waals surface area (Å²) in [6.07, 6.45) is 4.06. The van der Waals surface area contributed by atoms with Crippen molar-refractivity contribution < 1.29 is 38.2 Å². The number of esters is 2. The van der Waals surface area contributed by atoms with E-state index < -0.39 is 17.8 Å². The molecular formula is C54H64N6O8. The third-order valence-corrected chi connectivity index (χ3v) is 12.0. The number of likely N-dealkylation sites (N-methyl/N-ethyl adjacent to an activating group) is 1. The normalized spacial score (nSPS) is 12.2. The van der Waals surface area contributed by atoms with Crippen LogP contribution in [0.15, 0.2) is 115 Å². The molecule has 1 fully saturated rings. The third kappa shape index (κ3) is 15.6. The molecule has 1 aromatic heterocycles. The van der Waals surface area contributed by atoms with Gasteiger partial charge in [0.1, 0.15) is 6.61 Å². The quantitative estimate of drug-likeness (QED) is 0.0539. The van der Waals surface area contributed by atoms with Crippen LogP contribution in [-0.4, -0.2) is 96.3 Å². The van der Waals surface area contributed by atoms with Gasteiger partial charge in [0.25, 0.3) is 11.8 Å². The minimum Gasteiger partial charge on any atom is -0.477 e. The molecule has 2 N–H and O–H groups in total. The lowest BCUT2D eigenvalue weighted by atomic mass is 10.1. The lowest BCUT2D eigenvalue weighted by Crippen LogP contribution is -2.41. The predicted molar refractivity (Wildman–Crippen MR) is 262 cm³/mol. The first-order chi connectivity index (χ1) is 32.9. The molecule has 14 heteroatoms. The molecule has 0 saturated heterocycles. The van der Waals surface area contributed by atoms with Crippen LogP contribution in [0.4, 0.5) is 11.4 Å². The van der Waals surface area contributed by atoms with E-state index in [4.69, 9.17) is 14.2 Å². The van der Waals surface area contributed by atoms with Gasteiger partial charge in [0.05, 0.1) is 31.4 Å². The van der Waals surface area contributed by atoms with Crippen molar-refractivity contribution >= 4 is 41.0 Å². The Bertz CT molecular complexity index is 2460. The van der Waals surface area contributed by atoms with Crippen LogP contribution in [0.3, 0.4) is 0 Å². The molecule has 1 aliphatic rings. The molecule has 1 heterocycles. The molecule has 1 aliphatic carbocycles. The molecule has 1 saturated carbocycles. The maximum absolute atomic E-state index is 13.9. The molecule has 14 nitrogen and oxygen atoms in total. The number of carbonyl (C=O) groups excluding carboxylic acids is 5. The van der Waals surface area contributed by atoms with Crippen LogP contribution in [-0.2, 0) is 45.3 Å². The highest BCUT2D eigenvalue weighted by Gasteiger charge is 2.24. The molecule has 0 unspecified atom stereocenters. The third-order valence-electron chi connectivity index (χ3n) is 12.0. The largest absolute Gasteiger partial charge is 0.477 e. The second kappa shape index (κ2) is 25.3. The Morgan fingerprint density at radius 1 is 0.691 bits per heavy atom. The lowest BCUT2D eigenvalue weighted by molar-refractivity contribution is -0.147. The number of ether oxygens (including phenoxy) is 3. The van der Waals surface area contributed by atoms with E-state index >= 15 is 0 Å². The Labute approximate surface area is 400 Å². The lowest BCUT2D eigenvalue weighted by Gasteiger charge is -2.32. The number of hydrogen-bond acceptors (Lipinski definition) is 11. The highest BCUT2D eigenvalue weighted by Crippen LogP contribution is 2.30. The summed E-state index contributed by atoms with van der Waals surface area (Å²) >= 11 is 0. The fourth-order valence-corrected chi connectivity index (χ4v) is 7.76. The summed E-state index contributed by atoms with van der Waals surface area (Å²) in [5, 5.41) is 5.88. The van der Waals surface area contributed by atoms with Crippen molar-refractivity contribution in [3.63, 3.8) is 0 Å². The first-order valence-electron chi connectivity index (χ1n) is 23.4. The first-order valence-corrected chi connectivity index (χ1v) is 23.4. The number of nitrogens with one attached hydrogen (secondary N) is 2. The molecule has 358 valence electrons. The van der Waals surface area contributed by atoms with Crippen molar-refractivity contribution in [2.75, 3.05) is 51.5 Å². The van der Waals surface area contributed by atoms with E-state index in [0.717, 1.165) is 47.9 Å². The summed E-state index contributed by atoms with van der Waals surface area (Å²) in [6, 6.07) is 35.3. The number of nitrogens with zero attached hydrogens (tertiary/aromatic N) is 4. The summed E-state index contributed by atoms with van der Waals surface area (Å²) in [5.74, 6) is -1.04. The summed E-state index contributed by atoms with van der Waals surface area (Å²) in [6.45, 7) is 7.88. The van der Waals surface area contributed by atoms with Gasteiger partial charge in [-0.15, -0.1) is 0 Å². The Hall–Kier alpha value is -6.90. The van der Waals surface area contributed by atoms with Gasteiger partial charge >= 0.3 is 11.9 Å². The van der Waals surface area contributed by atoms with Crippen molar-refractivity contribution in [3.05, 3.63) is 154 Å². The highest BCUT2D eigenvalue weighted by molar-refractivity contribution is 6.11. The van der Waals surface area contributed by atoms with E-state index in [9.17, 15) is 24.0 Å². The smallest absolute Gasteiger partial charge is 0.337 e. The zero-order chi connectivity index (χ0) is 48.4. The van der Waals surface area contributed by atoms with Crippen molar-refractivity contribution in [1.29, 1.82) is 0 Å². The van der Waals surface area contributed by atoms with Crippen LogP contribution in [0.1, 0.15) is 106 Å². The van der Waals surface area contributed by atoms with E-state index in [1.54, 1.807) is 42.3 Å². The zero-order valence-corrected chi connectivity index (χ0v) is 39.9. The number of carbonyl (C=O) groups is 5. The minimum absolute atomic E-state index is 0.00910. The van der Waals surface area contributed by atoms with Gasteiger partial charge in [-0.2, -0.15) is 0 Å². The van der Waals surface area contributed by atoms with Crippen molar-refractivity contribution in [2.45, 2.75) is 84.7 Å². The Morgan fingerprint density at radius 2 is 1.37 bits per heavy atom. The molecule has 0 aliphatic heterocycles. The molecule has 3 amide bonds. The van der Waals surface area contributed by atoms with Crippen molar-refractivity contribution in [2.24, 2.45) is 5.92 Å². The standard InChI is InChI=1S/C54H64N6O8/c1-6-46(7-2)60(31-30-59(4)49(61)28-29-50(62)68-37-40-12-9-8-10-13-40)35-42-14-11-15-44(32-42)52(63)56-47-26-27-48(67-36-41-16-17-41)57-51(47)53(64)55-45-24-20-39(21-25-45)34-58(3)33-38-18-22-43(23-19-38)54(65)66-5/h8-15,18-27,32,41,46H,6-7,16-17,28-31,33-37H2,1-5H3,(H,55,64)(H,56,63). The molecule has 68 heavy (non-hydrogen) atoms. The summed E-state index contributed by atoms with van der Waals surface area (Å²) in [4.78, 5) is 75.8. The molecule has 4 aromatic carbocycles. The van der Waals surface area contributed by atoms with Gasteiger partial charge in [-0.25, -0.2) is 9.78 Å². The summed E-state index contributed by atoms with van der Waals surface area (Å²) in [5.41, 5.74) is 5.65. The second-order valence-electron chi connectivity index (χ2n) is 17.4. The number of benzene rings is 4. The second-order valence-corrected chi connectivity index (χ2v) is 17.4. The van der Waals surface area contributed by atoms with Crippen molar-refractivity contribution in [1.82, 2.24) is 19.7 Å². The van der Waals surface area contributed by atoms with E-state index in [2.05, 4.69) is 39.3 Å². The highest BCUT2D eigenvalue weighted by atomic mass is 16.5. The predicted octanol–water partition coefficient (Wildman–Crippen LogP) is 8.77. The first kappa shape index (κ1) is 50.5. The van der Waals surface area contributed by atoms with E-state index in [0.29, 0.717) is 67.9 Å². The topological polar surface area (TPSA) is 160 Å². The maximum Gasteiger partial charge on any atom is 0.337 e. The number of hydrogen-bond donors (Lipinski definition) is 2. The van der Waals surface area contributed by atoms with Crippen LogP contribution in [0.25, 0.3) is 0 Å². The van der Waals surface area contributed by atoms with Crippen LogP contribution in [0, 0.1) is 5.92 Å². The van der Waals surface area contributed by atoms with E-state index in [1.807, 2.05) is 92.0 Å². The number of rotatable bonds is 25. The number of aromatic nitrogens is 1. The Kier molecular flexibility index (Phi) is 18.8. The van der Waals surface area contributed by atoms with Crippen LogP contribution in [0.2, 0.25) is 0 Å². The molecule has 0 bridgehead atoms. The summed E-state index contributed by atoms with van der Waals surface area (Å²) < 4.78 is 16.1. The number of anilines is 2. The maximum atomic E-state index is 13.9. The van der Waals surface area contributed by atoms with Crippen LogP contribution < -0.4 is 15.4 Å². The minimum atomic E-state index is -0.501. The van der Waals surface area contributed by atoms with Gasteiger partial charge in [0.2, 0.25) is 11.8 Å². The molecular weight excluding hydrogens is 861 g/mol. The fourth-order valence-electron chi connectivity index (χ4n) is 7.76. The average Bonchev–Trinajstić information content (AvgIpc) is 4.20. The van der Waals surface area contributed by atoms with Crippen LogP contribution in [0.5, 0.6) is 5.88 Å². The SMILES string of the molecule is CCC(CC)N(CCN(C)C(=O)CCC(=O)OCc1ccccc1)Cc1cccc(C(=O)Nc2ccc(OCC3CC3)nc2C(=O)Nc2ccc(CN(C)Cc3ccc(C(=O)OC)cc3)cc2)c1. The average molecular weight is 925 g/mol. The Balaban J connectivity index is 1.06. The molecule has 0 atom stereocenters. The molecule has 0 spiro atoms. The zero-order valence-electron chi connectivity index (χ0n) is 39.9. The van der Waals surface area contributed by atoms with Gasteiger partial charge in [-0.05, 0) is 103 Å². The summed E-state index contributed by atoms with van der Waals surface area (Å²) in [7, 11) is 5.12. The number of amides is 3. The molecule has 5 aromatic rings. The Morgan fingerprint density at radius 3 is 2.03 bits per heavy atom. The van der Waals surface area contributed by atoms with Gasteiger partial charge < -0.3 is 29.7 Å². The van der Waals surface area contributed by atoms with Gasteiger partial charge in [-0.3, -0.25) is 29.0 Å². The van der Waals surface area contributed by atoms with Gasteiger partial charge in [0, 0.05) is 69.6 Å². The van der Waals surface area contributed by atoms with Crippen LogP contribution >= 0.6 is 0 Å². The van der Waals surface area contributed by atoms with E-state index in [-0.39, 0.29) is 48.7 Å². The molecule has 0 radical (unpaired) electrons. The monoisotopic (exact) mass is 924 g/mol. The van der Waals surface area contributed by atoms with Gasteiger partial charge in [-0.1, -0.05) is 80.6 Å². The molecule has 6 rings (SSSR count). The van der Waals surface area contributed by atoms with E-state index in [1.165, 1.54) is 7.11 Å². The van der Waals surface area contributed by atoms with Crippen molar-refractivity contribution in [3.8, 4) is 5.88 Å². The van der Waals surface area contributed by atoms with Gasteiger partial charge in [0.15, 0.2) is 5.69 Å².